The number of hydrogen-bond acceptors (Lipinski definition) is 2. The molecule has 0 atom stereocenters. The van der Waals surface area contributed by atoms with Crippen molar-refractivity contribution in [2.24, 2.45) is 11.3 Å². The summed E-state index contributed by atoms with van der Waals surface area (Å²) >= 11 is 0. The highest BCUT2D eigenvalue weighted by Crippen LogP contribution is 2.24. The van der Waals surface area contributed by atoms with Gasteiger partial charge in [0.1, 0.15) is 0 Å². The average Bonchev–Trinajstić information content (AvgIpc) is 2.01. The lowest BCUT2D eigenvalue weighted by molar-refractivity contribution is -0.120. The summed E-state index contributed by atoms with van der Waals surface area (Å²) in [4.78, 5) is 11.1. The number of amides is 1. The zero-order valence-electron chi connectivity index (χ0n) is 9.40. The molecule has 0 aliphatic carbocycles. The van der Waals surface area contributed by atoms with E-state index in [0.29, 0.717) is 12.5 Å². The average molecular weight is 186 g/mol. The molecule has 1 amide bonds. The van der Waals surface area contributed by atoms with Crippen LogP contribution in [0.4, 0.5) is 0 Å². The van der Waals surface area contributed by atoms with E-state index in [9.17, 15) is 4.79 Å². The molecule has 3 heteroatoms. The molecule has 78 valence electrons. The molecule has 0 rings (SSSR count). The Hall–Kier alpha value is -0.570. The maximum Gasteiger partial charge on any atom is 0.233 e. The van der Waals surface area contributed by atoms with Gasteiger partial charge in [-0.15, -0.1) is 0 Å². The normalized spacial score (nSPS) is 11.8. The van der Waals surface area contributed by atoms with Crippen LogP contribution in [-0.4, -0.2) is 26.0 Å². The fourth-order valence-corrected chi connectivity index (χ4v) is 0.754. The van der Waals surface area contributed by atoms with Gasteiger partial charge in [0.25, 0.3) is 0 Å². The van der Waals surface area contributed by atoms with E-state index in [4.69, 9.17) is 0 Å². The largest absolute Gasteiger partial charge is 0.354 e. The number of rotatable bonds is 5. The predicted molar refractivity (Wildman–Crippen MR) is 55.6 cm³/mol. The predicted octanol–water partition coefficient (Wildman–Crippen LogP) is 1.00. The van der Waals surface area contributed by atoms with E-state index in [1.807, 2.05) is 0 Å². The monoisotopic (exact) mass is 186 g/mol. The van der Waals surface area contributed by atoms with Crippen molar-refractivity contribution in [3.63, 3.8) is 0 Å². The van der Waals surface area contributed by atoms with E-state index in [-0.39, 0.29) is 11.3 Å². The van der Waals surface area contributed by atoms with Gasteiger partial charge in [-0.25, -0.2) is 0 Å². The van der Waals surface area contributed by atoms with Gasteiger partial charge in [-0.1, -0.05) is 27.7 Å². The van der Waals surface area contributed by atoms with E-state index in [2.05, 4.69) is 38.3 Å². The molecule has 0 saturated carbocycles. The van der Waals surface area contributed by atoms with Crippen LogP contribution in [-0.2, 0) is 4.79 Å². The summed E-state index contributed by atoms with van der Waals surface area (Å²) in [6, 6.07) is 0. The fraction of sp³-hybridized carbons (Fsp3) is 0.900. The van der Waals surface area contributed by atoms with E-state index < -0.39 is 0 Å². The van der Waals surface area contributed by atoms with Crippen LogP contribution < -0.4 is 10.6 Å². The number of carbonyl (C=O) groups is 1. The molecule has 13 heavy (non-hydrogen) atoms. The molecular formula is C10H22N2O. The molecule has 0 aliphatic rings. The molecule has 3 nitrogen and oxygen atoms in total. The van der Waals surface area contributed by atoms with Crippen LogP contribution in [0.25, 0.3) is 0 Å². The van der Waals surface area contributed by atoms with Crippen LogP contribution in [0.15, 0.2) is 0 Å². The lowest BCUT2D eigenvalue weighted by atomic mass is 9.81. The highest BCUT2D eigenvalue weighted by atomic mass is 16.1. The summed E-state index contributed by atoms with van der Waals surface area (Å²) in [6.07, 6.45) is 0. The Bertz CT molecular complexity index is 164. The van der Waals surface area contributed by atoms with Crippen molar-refractivity contribution in [1.82, 2.24) is 10.6 Å². The van der Waals surface area contributed by atoms with Crippen molar-refractivity contribution in [3.8, 4) is 0 Å². The Balaban J connectivity index is 3.81. The molecule has 0 aliphatic heterocycles. The zero-order chi connectivity index (χ0) is 10.5. The Labute approximate surface area is 81.3 Å². The van der Waals surface area contributed by atoms with Crippen LogP contribution in [0.2, 0.25) is 0 Å². The molecule has 0 aromatic carbocycles. The topological polar surface area (TPSA) is 41.1 Å². The van der Waals surface area contributed by atoms with Crippen molar-refractivity contribution < 1.29 is 4.79 Å². The first-order valence-electron chi connectivity index (χ1n) is 4.81. The van der Waals surface area contributed by atoms with Crippen molar-refractivity contribution in [2.75, 3.05) is 20.1 Å². The fourth-order valence-electron chi connectivity index (χ4n) is 0.754. The van der Waals surface area contributed by atoms with Gasteiger partial charge < -0.3 is 10.6 Å². The second kappa shape index (κ2) is 5.22. The summed E-state index contributed by atoms with van der Waals surface area (Å²) < 4.78 is 0. The summed E-state index contributed by atoms with van der Waals surface area (Å²) in [5.74, 6) is 0.638. The first-order valence-corrected chi connectivity index (χ1v) is 4.81. The molecule has 0 saturated heterocycles. The van der Waals surface area contributed by atoms with Crippen LogP contribution in [0.3, 0.4) is 0 Å². The van der Waals surface area contributed by atoms with E-state index >= 15 is 0 Å². The zero-order valence-corrected chi connectivity index (χ0v) is 9.40. The van der Waals surface area contributed by atoms with E-state index in [1.165, 1.54) is 0 Å². The maximum absolute atomic E-state index is 11.1. The minimum absolute atomic E-state index is 0.0659. The Morgan fingerprint density at radius 2 is 1.92 bits per heavy atom. The quantitative estimate of drug-likeness (QED) is 0.672. The Kier molecular flexibility index (Phi) is 4.99. The van der Waals surface area contributed by atoms with Crippen LogP contribution in [0.1, 0.15) is 27.7 Å². The molecule has 0 unspecified atom stereocenters. The van der Waals surface area contributed by atoms with Gasteiger partial charge in [0.2, 0.25) is 5.91 Å². The molecule has 0 radical (unpaired) electrons. The Morgan fingerprint density at radius 3 is 2.31 bits per heavy atom. The molecular weight excluding hydrogens is 164 g/mol. The summed E-state index contributed by atoms with van der Waals surface area (Å²) in [5.41, 5.74) is 0.170. The second-order valence-electron chi connectivity index (χ2n) is 4.45. The van der Waals surface area contributed by atoms with Crippen molar-refractivity contribution in [2.45, 2.75) is 27.7 Å². The van der Waals surface area contributed by atoms with Crippen LogP contribution >= 0.6 is 0 Å². The third-order valence-electron chi connectivity index (χ3n) is 2.64. The minimum atomic E-state index is 0.0659. The number of carbonyl (C=O) groups excluding carboxylic acids is 1. The summed E-state index contributed by atoms with van der Waals surface area (Å²) in [7, 11) is 1.77. The number of hydrogen-bond donors (Lipinski definition) is 2. The van der Waals surface area contributed by atoms with Gasteiger partial charge in [-0.05, 0) is 18.4 Å². The molecule has 0 spiro atoms. The molecule has 0 aromatic rings. The highest BCUT2D eigenvalue weighted by molar-refractivity contribution is 5.77. The van der Waals surface area contributed by atoms with Crippen molar-refractivity contribution in [1.29, 1.82) is 0 Å². The molecule has 0 bridgehead atoms. The molecule has 2 N–H and O–H groups in total. The van der Waals surface area contributed by atoms with Gasteiger partial charge >= 0.3 is 0 Å². The molecule has 0 aromatic heterocycles. The van der Waals surface area contributed by atoms with Gasteiger partial charge in [0.05, 0.1) is 6.54 Å². The van der Waals surface area contributed by atoms with Gasteiger partial charge in [0.15, 0.2) is 0 Å². The first kappa shape index (κ1) is 12.4. The Morgan fingerprint density at radius 1 is 1.38 bits per heavy atom. The van der Waals surface area contributed by atoms with Gasteiger partial charge in [-0.2, -0.15) is 0 Å². The number of likely N-dealkylation sites (N-methyl/N-ethyl adjacent to an activating group) is 1. The lowest BCUT2D eigenvalue weighted by Crippen LogP contribution is -2.40. The van der Waals surface area contributed by atoms with Gasteiger partial charge in [0, 0.05) is 6.54 Å². The van der Waals surface area contributed by atoms with Crippen molar-refractivity contribution >= 4 is 5.91 Å². The second-order valence-corrected chi connectivity index (χ2v) is 4.45. The first-order chi connectivity index (χ1) is 5.90. The summed E-state index contributed by atoms with van der Waals surface area (Å²) in [6.45, 7) is 9.81. The molecule has 0 heterocycles. The standard InChI is InChI=1S/C10H22N2O/c1-8(2)10(3,4)7-12-9(13)6-11-5/h8,11H,6-7H2,1-5H3,(H,12,13). The van der Waals surface area contributed by atoms with Crippen LogP contribution in [0.5, 0.6) is 0 Å². The minimum Gasteiger partial charge on any atom is -0.354 e. The third kappa shape index (κ3) is 4.88. The SMILES string of the molecule is CNCC(=O)NCC(C)(C)C(C)C. The highest BCUT2D eigenvalue weighted by Gasteiger charge is 2.22. The van der Waals surface area contributed by atoms with E-state index in [0.717, 1.165) is 6.54 Å². The summed E-state index contributed by atoms with van der Waals surface area (Å²) in [5, 5.41) is 5.72. The lowest BCUT2D eigenvalue weighted by Gasteiger charge is -2.29. The van der Waals surface area contributed by atoms with Crippen LogP contribution in [0, 0.1) is 11.3 Å². The van der Waals surface area contributed by atoms with Gasteiger partial charge in [-0.3, -0.25) is 4.79 Å². The number of nitrogens with one attached hydrogen (secondary N) is 2. The van der Waals surface area contributed by atoms with Crippen molar-refractivity contribution in [3.05, 3.63) is 0 Å². The van der Waals surface area contributed by atoms with E-state index in [1.54, 1.807) is 7.05 Å². The third-order valence-corrected chi connectivity index (χ3v) is 2.64. The maximum atomic E-state index is 11.1. The molecule has 0 fully saturated rings. The smallest absolute Gasteiger partial charge is 0.233 e.